The van der Waals surface area contributed by atoms with Gasteiger partial charge in [-0.15, -0.1) is 6.58 Å². The van der Waals surface area contributed by atoms with E-state index >= 15 is 0 Å². The van der Waals surface area contributed by atoms with Crippen LogP contribution in [0.5, 0.6) is 11.6 Å². The summed E-state index contributed by atoms with van der Waals surface area (Å²) in [6.45, 7) is 6.90. The average Bonchev–Trinajstić information content (AvgIpc) is 2.66. The molecule has 142 valence electrons. The van der Waals surface area contributed by atoms with Gasteiger partial charge in [0.15, 0.2) is 5.56 Å². The van der Waals surface area contributed by atoms with Crippen molar-refractivity contribution in [1.82, 2.24) is 14.8 Å². The molecule has 0 N–H and O–H groups in total. The van der Waals surface area contributed by atoms with Crippen molar-refractivity contribution < 1.29 is 9.47 Å². The van der Waals surface area contributed by atoms with E-state index in [2.05, 4.69) is 41.5 Å². The van der Waals surface area contributed by atoms with Gasteiger partial charge in [0.1, 0.15) is 17.9 Å². The first-order valence-electron chi connectivity index (χ1n) is 9.18. The molecule has 1 aromatic heterocycles. The van der Waals surface area contributed by atoms with Crippen molar-refractivity contribution in [3.05, 3.63) is 30.5 Å². The molecular formula is C20H30N4O2. The Bertz CT molecular complexity index is 621. The number of hydrogen-bond donors (Lipinski definition) is 0. The van der Waals surface area contributed by atoms with E-state index in [0.717, 1.165) is 32.5 Å². The number of ether oxygens (including phenoxy) is 2. The molecule has 2 rings (SSSR count). The van der Waals surface area contributed by atoms with E-state index in [9.17, 15) is 5.26 Å². The Hall–Kier alpha value is -2.10. The Kier molecular flexibility index (Phi) is 7.89. The normalized spacial score (nSPS) is 16.9. The maximum Gasteiger partial charge on any atom is 0.235 e. The lowest BCUT2D eigenvalue weighted by Gasteiger charge is -2.36. The van der Waals surface area contributed by atoms with Crippen LogP contribution >= 0.6 is 0 Å². The number of piperidine rings is 1. The van der Waals surface area contributed by atoms with Gasteiger partial charge in [0.25, 0.3) is 0 Å². The number of nitriles is 1. The molecule has 6 heteroatoms. The van der Waals surface area contributed by atoms with Crippen LogP contribution in [0, 0.1) is 11.3 Å². The zero-order valence-electron chi connectivity index (χ0n) is 16.1. The second-order valence-corrected chi connectivity index (χ2v) is 6.89. The molecule has 1 saturated heterocycles. The van der Waals surface area contributed by atoms with Crippen molar-refractivity contribution in [2.45, 2.75) is 37.8 Å². The van der Waals surface area contributed by atoms with E-state index in [-0.39, 0.29) is 6.10 Å². The highest BCUT2D eigenvalue weighted by Gasteiger charge is 2.24. The summed E-state index contributed by atoms with van der Waals surface area (Å²) in [5, 5.41) is 9.45. The molecule has 0 aliphatic carbocycles. The van der Waals surface area contributed by atoms with E-state index in [1.807, 2.05) is 6.08 Å². The maximum atomic E-state index is 9.45. The molecule has 0 bridgehead atoms. The van der Waals surface area contributed by atoms with Gasteiger partial charge in [-0.05, 0) is 52.9 Å². The molecular weight excluding hydrogens is 328 g/mol. The first-order chi connectivity index (χ1) is 12.6. The van der Waals surface area contributed by atoms with E-state index < -0.39 is 0 Å². The monoisotopic (exact) mass is 358 g/mol. The number of hydrogen-bond acceptors (Lipinski definition) is 6. The predicted molar refractivity (Wildman–Crippen MR) is 103 cm³/mol. The Morgan fingerprint density at radius 3 is 2.85 bits per heavy atom. The van der Waals surface area contributed by atoms with Gasteiger partial charge < -0.3 is 14.4 Å². The summed E-state index contributed by atoms with van der Waals surface area (Å²) in [5.74, 6) is 0.835. The van der Waals surface area contributed by atoms with Gasteiger partial charge in [-0.1, -0.05) is 6.08 Å². The molecule has 1 aliphatic heterocycles. The van der Waals surface area contributed by atoms with Crippen LogP contribution in [0.4, 0.5) is 0 Å². The minimum absolute atomic E-state index is 0.0168. The lowest BCUT2D eigenvalue weighted by atomic mass is 10.0. The molecule has 0 amide bonds. The van der Waals surface area contributed by atoms with Crippen molar-refractivity contribution in [3.63, 3.8) is 0 Å². The first kappa shape index (κ1) is 20.2. The Morgan fingerprint density at radius 2 is 2.23 bits per heavy atom. The molecule has 1 fully saturated rings. The van der Waals surface area contributed by atoms with E-state index in [0.29, 0.717) is 23.2 Å². The number of nitrogens with zero attached hydrogens (tertiary/aromatic N) is 4. The fourth-order valence-corrected chi connectivity index (χ4v) is 3.36. The SMILES string of the molecule is C=CCC[C@H](CN(C)C1CCN(C)CC1)Oc1ccnc(OC)c1C#N. The molecule has 1 aliphatic rings. The van der Waals surface area contributed by atoms with Gasteiger partial charge in [0, 0.05) is 24.8 Å². The van der Waals surface area contributed by atoms with Crippen LogP contribution in [0.1, 0.15) is 31.2 Å². The fourth-order valence-electron chi connectivity index (χ4n) is 3.36. The van der Waals surface area contributed by atoms with Crippen molar-refractivity contribution in [3.8, 4) is 17.7 Å². The number of aromatic nitrogens is 1. The smallest absolute Gasteiger partial charge is 0.235 e. The second-order valence-electron chi connectivity index (χ2n) is 6.89. The van der Waals surface area contributed by atoms with Crippen LogP contribution < -0.4 is 9.47 Å². The maximum absolute atomic E-state index is 9.45. The standard InChI is InChI=1S/C20H30N4O2/c1-5-6-7-17(15-24(3)16-9-12-23(2)13-10-16)26-19-8-11-22-20(25-4)18(19)14-21/h5,8,11,16-17H,1,6-7,9-10,12-13,15H2,2-4H3/t17-/m1/s1. The molecule has 6 nitrogen and oxygen atoms in total. The van der Waals surface area contributed by atoms with Crippen molar-refractivity contribution in [1.29, 1.82) is 5.26 Å². The number of allylic oxidation sites excluding steroid dienone is 1. The second kappa shape index (κ2) is 10.1. The van der Waals surface area contributed by atoms with Gasteiger partial charge in [0.2, 0.25) is 5.88 Å². The Labute approximate surface area is 157 Å². The molecule has 0 spiro atoms. The third kappa shape index (κ3) is 5.45. The zero-order valence-corrected chi connectivity index (χ0v) is 16.1. The van der Waals surface area contributed by atoms with Crippen molar-refractivity contribution in [2.24, 2.45) is 0 Å². The molecule has 0 aromatic carbocycles. The predicted octanol–water partition coefficient (Wildman–Crippen LogP) is 2.70. The van der Waals surface area contributed by atoms with Crippen LogP contribution in [0.15, 0.2) is 24.9 Å². The summed E-state index contributed by atoms with van der Waals surface area (Å²) in [6.07, 6.45) is 7.58. The summed E-state index contributed by atoms with van der Waals surface area (Å²) in [7, 11) is 5.85. The van der Waals surface area contributed by atoms with Crippen molar-refractivity contribution in [2.75, 3.05) is 40.8 Å². The van der Waals surface area contributed by atoms with Gasteiger partial charge >= 0.3 is 0 Å². The van der Waals surface area contributed by atoms with E-state index in [4.69, 9.17) is 9.47 Å². The van der Waals surface area contributed by atoms with Crippen LogP contribution in [0.25, 0.3) is 0 Å². The number of methoxy groups -OCH3 is 1. The molecule has 1 atom stereocenters. The molecule has 2 heterocycles. The van der Waals surface area contributed by atoms with E-state index in [1.165, 1.54) is 20.0 Å². The average molecular weight is 358 g/mol. The number of likely N-dealkylation sites (tertiary alicyclic amines) is 1. The minimum atomic E-state index is -0.0168. The molecule has 0 saturated carbocycles. The number of likely N-dealkylation sites (N-methyl/N-ethyl adjacent to an activating group) is 1. The first-order valence-corrected chi connectivity index (χ1v) is 9.18. The molecule has 0 unspecified atom stereocenters. The largest absolute Gasteiger partial charge is 0.487 e. The van der Waals surface area contributed by atoms with Crippen molar-refractivity contribution >= 4 is 0 Å². The Morgan fingerprint density at radius 1 is 1.50 bits per heavy atom. The zero-order chi connectivity index (χ0) is 18.9. The topological polar surface area (TPSA) is 61.6 Å². The summed E-state index contributed by atoms with van der Waals surface area (Å²) in [5.41, 5.74) is 0.348. The molecule has 0 radical (unpaired) electrons. The molecule has 1 aromatic rings. The summed E-state index contributed by atoms with van der Waals surface area (Å²) in [6, 6.07) is 4.45. The van der Waals surface area contributed by atoms with Gasteiger partial charge in [-0.25, -0.2) is 4.98 Å². The highest BCUT2D eigenvalue weighted by Crippen LogP contribution is 2.27. The molecule has 26 heavy (non-hydrogen) atoms. The van der Waals surface area contributed by atoms with E-state index in [1.54, 1.807) is 12.3 Å². The van der Waals surface area contributed by atoms with Gasteiger partial charge in [0.05, 0.1) is 7.11 Å². The Balaban J connectivity index is 2.07. The van der Waals surface area contributed by atoms with Gasteiger partial charge in [-0.3, -0.25) is 4.90 Å². The van der Waals surface area contributed by atoms with Crippen LogP contribution in [-0.4, -0.2) is 67.8 Å². The number of rotatable bonds is 9. The lowest BCUT2D eigenvalue weighted by Crippen LogP contribution is -2.45. The van der Waals surface area contributed by atoms with Crippen LogP contribution in [-0.2, 0) is 0 Å². The summed E-state index contributed by atoms with van der Waals surface area (Å²) < 4.78 is 11.4. The third-order valence-corrected chi connectivity index (χ3v) is 4.97. The quantitative estimate of drug-likeness (QED) is 0.633. The highest BCUT2D eigenvalue weighted by molar-refractivity contribution is 5.49. The fraction of sp³-hybridized carbons (Fsp3) is 0.600. The lowest BCUT2D eigenvalue weighted by molar-refractivity contribution is 0.0872. The highest BCUT2D eigenvalue weighted by atomic mass is 16.5. The van der Waals surface area contributed by atoms with Crippen LogP contribution in [0.3, 0.4) is 0 Å². The number of pyridine rings is 1. The summed E-state index contributed by atoms with van der Waals surface area (Å²) >= 11 is 0. The van der Waals surface area contributed by atoms with Gasteiger partial charge in [-0.2, -0.15) is 5.26 Å². The third-order valence-electron chi connectivity index (χ3n) is 4.97. The summed E-state index contributed by atoms with van der Waals surface area (Å²) in [4.78, 5) is 8.85. The van der Waals surface area contributed by atoms with Crippen LogP contribution in [0.2, 0.25) is 0 Å². The minimum Gasteiger partial charge on any atom is -0.487 e.